The second-order valence-corrected chi connectivity index (χ2v) is 6.59. The minimum absolute atomic E-state index is 0.0537. The van der Waals surface area contributed by atoms with Gasteiger partial charge >= 0.3 is 0 Å². The average molecular weight is 370 g/mol. The Kier molecular flexibility index (Phi) is 7.76. The third-order valence-electron chi connectivity index (χ3n) is 4.16. The topological polar surface area (TPSA) is 96.3 Å². The van der Waals surface area contributed by atoms with Gasteiger partial charge in [0.05, 0.1) is 11.5 Å². The molecular weight excluding hydrogens is 344 g/mol. The van der Waals surface area contributed by atoms with E-state index in [0.717, 1.165) is 5.69 Å². The van der Waals surface area contributed by atoms with E-state index in [-0.39, 0.29) is 24.2 Å². The van der Waals surface area contributed by atoms with Crippen LogP contribution in [0.25, 0.3) is 0 Å². The van der Waals surface area contributed by atoms with E-state index in [1.807, 2.05) is 18.2 Å². The molecule has 144 valence electrons. The van der Waals surface area contributed by atoms with E-state index in [1.54, 1.807) is 12.1 Å². The molecule has 0 unspecified atom stereocenters. The van der Waals surface area contributed by atoms with Gasteiger partial charge in [0.2, 0.25) is 5.91 Å². The van der Waals surface area contributed by atoms with Gasteiger partial charge in [-0.15, -0.1) is 0 Å². The molecule has 1 atom stereocenters. The van der Waals surface area contributed by atoms with Crippen molar-refractivity contribution in [1.82, 2.24) is 10.6 Å². The highest BCUT2D eigenvalue weighted by molar-refractivity contribution is 5.78. The van der Waals surface area contributed by atoms with Crippen LogP contribution in [-0.2, 0) is 4.79 Å². The third-order valence-corrected chi connectivity index (χ3v) is 4.16. The molecule has 2 rings (SSSR count). The van der Waals surface area contributed by atoms with Crippen molar-refractivity contribution in [3.63, 3.8) is 0 Å². The molecule has 2 aromatic rings. The Morgan fingerprint density at radius 3 is 2.30 bits per heavy atom. The zero-order valence-corrected chi connectivity index (χ0v) is 15.6. The molecule has 0 saturated carbocycles. The molecule has 0 aliphatic heterocycles. The minimum atomic E-state index is -0.434. The number of anilines is 1. The zero-order valence-electron chi connectivity index (χ0n) is 15.6. The summed E-state index contributed by atoms with van der Waals surface area (Å²) < 4.78 is 0. The Labute approximate surface area is 159 Å². The first kappa shape index (κ1) is 20.4. The maximum atomic E-state index is 12.1. The molecule has 0 radical (unpaired) electrons. The molecule has 0 spiro atoms. The normalized spacial score (nSPS) is 11.8. The first-order chi connectivity index (χ1) is 13.0. The Morgan fingerprint density at radius 2 is 1.70 bits per heavy atom. The van der Waals surface area contributed by atoms with Crippen molar-refractivity contribution in [2.45, 2.75) is 19.9 Å². The number of nitrogens with zero attached hydrogens (tertiary/aromatic N) is 1. The van der Waals surface area contributed by atoms with Crippen LogP contribution in [0, 0.1) is 16.0 Å². The van der Waals surface area contributed by atoms with E-state index in [1.165, 1.54) is 17.7 Å². The second kappa shape index (κ2) is 10.3. The number of nitro benzene ring substituents is 1. The van der Waals surface area contributed by atoms with Gasteiger partial charge in [0.25, 0.3) is 5.69 Å². The average Bonchev–Trinajstić information content (AvgIpc) is 2.66. The van der Waals surface area contributed by atoms with E-state index in [4.69, 9.17) is 0 Å². The van der Waals surface area contributed by atoms with Crippen molar-refractivity contribution in [1.29, 1.82) is 0 Å². The highest BCUT2D eigenvalue weighted by Gasteiger charge is 2.16. The molecule has 7 heteroatoms. The molecule has 0 saturated heterocycles. The van der Waals surface area contributed by atoms with E-state index in [9.17, 15) is 14.9 Å². The summed E-state index contributed by atoms with van der Waals surface area (Å²) in [6.45, 7) is 5.49. The number of carbonyl (C=O) groups excluding carboxylic acids is 1. The Bertz CT molecular complexity index is 733. The predicted octanol–water partition coefficient (Wildman–Crippen LogP) is 3.11. The van der Waals surface area contributed by atoms with Crippen molar-refractivity contribution in [3.8, 4) is 0 Å². The summed E-state index contributed by atoms with van der Waals surface area (Å²) in [5.41, 5.74) is 2.00. The van der Waals surface area contributed by atoms with Crippen LogP contribution in [0.5, 0.6) is 0 Å². The first-order valence-corrected chi connectivity index (χ1v) is 9.00. The molecule has 0 heterocycles. The summed E-state index contributed by atoms with van der Waals surface area (Å²) in [6, 6.07) is 16.4. The number of rotatable bonds is 10. The van der Waals surface area contributed by atoms with Gasteiger partial charge in [-0.1, -0.05) is 44.2 Å². The maximum Gasteiger partial charge on any atom is 0.269 e. The fourth-order valence-electron chi connectivity index (χ4n) is 2.77. The van der Waals surface area contributed by atoms with Crippen LogP contribution in [0.15, 0.2) is 54.6 Å². The molecule has 0 fully saturated rings. The van der Waals surface area contributed by atoms with Gasteiger partial charge in [0.15, 0.2) is 0 Å². The quantitative estimate of drug-likeness (QED) is 0.339. The lowest BCUT2D eigenvalue weighted by Crippen LogP contribution is -2.38. The summed E-state index contributed by atoms with van der Waals surface area (Å²) >= 11 is 0. The number of non-ortho nitro benzene ring substituents is 1. The van der Waals surface area contributed by atoms with Crippen LogP contribution >= 0.6 is 0 Å². The molecule has 3 N–H and O–H groups in total. The summed E-state index contributed by atoms with van der Waals surface area (Å²) in [6.07, 6.45) is 0. The van der Waals surface area contributed by atoms with Crippen molar-refractivity contribution >= 4 is 17.3 Å². The first-order valence-electron chi connectivity index (χ1n) is 9.00. The van der Waals surface area contributed by atoms with Gasteiger partial charge in [-0.05, 0) is 23.6 Å². The Morgan fingerprint density at radius 1 is 1.04 bits per heavy atom. The minimum Gasteiger partial charge on any atom is -0.383 e. The summed E-state index contributed by atoms with van der Waals surface area (Å²) in [4.78, 5) is 22.2. The molecular formula is C20H26N4O3. The Hall–Kier alpha value is -2.93. The molecule has 0 aromatic heterocycles. The number of carbonyl (C=O) groups is 1. The lowest BCUT2D eigenvalue weighted by molar-refractivity contribution is -0.384. The zero-order chi connectivity index (χ0) is 19.6. The number of hydrogen-bond donors (Lipinski definition) is 3. The molecule has 7 nitrogen and oxygen atoms in total. The highest BCUT2D eigenvalue weighted by atomic mass is 16.6. The highest BCUT2D eigenvalue weighted by Crippen LogP contribution is 2.20. The van der Waals surface area contributed by atoms with Crippen molar-refractivity contribution in [3.05, 3.63) is 70.3 Å². The fourth-order valence-corrected chi connectivity index (χ4v) is 2.77. The van der Waals surface area contributed by atoms with E-state index in [0.29, 0.717) is 19.0 Å². The summed E-state index contributed by atoms with van der Waals surface area (Å²) in [7, 11) is 0. The van der Waals surface area contributed by atoms with Gasteiger partial charge in [0.1, 0.15) is 0 Å². The number of nitrogens with one attached hydrogen (secondary N) is 3. The van der Waals surface area contributed by atoms with E-state index >= 15 is 0 Å². The fraction of sp³-hybridized carbons (Fsp3) is 0.350. The second-order valence-electron chi connectivity index (χ2n) is 6.59. The largest absolute Gasteiger partial charge is 0.383 e. The third kappa shape index (κ3) is 6.71. The lowest BCUT2D eigenvalue weighted by atomic mass is 9.96. The van der Waals surface area contributed by atoms with Crippen LogP contribution in [0.4, 0.5) is 11.4 Å². The molecule has 27 heavy (non-hydrogen) atoms. The molecule has 0 aliphatic rings. The molecule has 0 bridgehead atoms. The number of hydrogen-bond acceptors (Lipinski definition) is 5. The lowest BCUT2D eigenvalue weighted by Gasteiger charge is -2.22. The number of nitro groups is 1. The number of amides is 1. The van der Waals surface area contributed by atoms with Crippen LogP contribution in [0.1, 0.15) is 25.5 Å². The predicted molar refractivity (Wildman–Crippen MR) is 107 cm³/mol. The molecule has 1 amide bonds. The van der Waals surface area contributed by atoms with Crippen LogP contribution in [0.3, 0.4) is 0 Å². The Balaban J connectivity index is 1.70. The molecule has 2 aromatic carbocycles. The standard InChI is InChI=1S/C20H26N4O3/c1-15(2)20(16-6-4-3-5-7-16)23-14-19(25)22-13-12-21-17-8-10-18(11-9-17)24(26)27/h3-11,15,20-21,23H,12-14H2,1-2H3,(H,22,25)/t20-/m0/s1. The van der Waals surface area contributed by atoms with Crippen LogP contribution < -0.4 is 16.0 Å². The van der Waals surface area contributed by atoms with Gasteiger partial charge in [-0.2, -0.15) is 0 Å². The van der Waals surface area contributed by atoms with Gasteiger partial charge in [0, 0.05) is 37.0 Å². The smallest absolute Gasteiger partial charge is 0.269 e. The van der Waals surface area contributed by atoms with Crippen molar-refractivity contribution in [2.75, 3.05) is 25.0 Å². The van der Waals surface area contributed by atoms with Gasteiger partial charge in [-0.25, -0.2) is 0 Å². The monoisotopic (exact) mass is 370 g/mol. The molecule has 0 aliphatic carbocycles. The summed E-state index contributed by atoms with van der Waals surface area (Å²) in [5, 5.41) is 19.9. The van der Waals surface area contributed by atoms with E-state index in [2.05, 4.69) is 41.9 Å². The summed E-state index contributed by atoms with van der Waals surface area (Å²) in [5.74, 6) is 0.297. The van der Waals surface area contributed by atoms with Gasteiger partial charge < -0.3 is 16.0 Å². The van der Waals surface area contributed by atoms with E-state index < -0.39 is 4.92 Å². The van der Waals surface area contributed by atoms with Crippen molar-refractivity contribution in [2.24, 2.45) is 5.92 Å². The van der Waals surface area contributed by atoms with Crippen LogP contribution in [-0.4, -0.2) is 30.5 Å². The van der Waals surface area contributed by atoms with Gasteiger partial charge in [-0.3, -0.25) is 14.9 Å². The van der Waals surface area contributed by atoms with Crippen LogP contribution in [0.2, 0.25) is 0 Å². The maximum absolute atomic E-state index is 12.1. The SMILES string of the molecule is CC(C)[C@H](NCC(=O)NCCNc1ccc([N+](=O)[O-])cc1)c1ccccc1. The van der Waals surface area contributed by atoms with Crippen molar-refractivity contribution < 1.29 is 9.72 Å². The number of benzene rings is 2.